The van der Waals surface area contributed by atoms with E-state index in [-0.39, 0.29) is 5.41 Å². The van der Waals surface area contributed by atoms with Crippen molar-refractivity contribution in [3.05, 3.63) is 64.9 Å². The first kappa shape index (κ1) is 12.3. The molecule has 0 amide bonds. The number of aromatic amines is 1. The van der Waals surface area contributed by atoms with Crippen molar-refractivity contribution in [2.24, 2.45) is 0 Å². The average Bonchev–Trinajstić information content (AvgIpc) is 3.00. The number of aromatic nitrogens is 1. The van der Waals surface area contributed by atoms with E-state index in [9.17, 15) is 0 Å². The second kappa shape index (κ2) is 3.92. The van der Waals surface area contributed by atoms with Crippen LogP contribution in [0.25, 0.3) is 28.1 Å². The first-order valence-corrected chi connectivity index (χ1v) is 8.12. The molecule has 0 saturated heterocycles. The fourth-order valence-electron chi connectivity index (χ4n) is 4.31. The highest BCUT2D eigenvalue weighted by atomic mass is 14.7. The van der Waals surface area contributed by atoms with Crippen LogP contribution in [-0.2, 0) is 11.8 Å². The summed E-state index contributed by atoms with van der Waals surface area (Å²) in [6, 6.07) is 13.7. The maximum atomic E-state index is 3.62. The van der Waals surface area contributed by atoms with Crippen LogP contribution in [0, 0.1) is 0 Å². The molecule has 0 saturated carbocycles. The van der Waals surface area contributed by atoms with Gasteiger partial charge in [-0.3, -0.25) is 0 Å². The zero-order valence-electron chi connectivity index (χ0n) is 13.0. The van der Waals surface area contributed by atoms with Gasteiger partial charge in [0.25, 0.3) is 0 Å². The van der Waals surface area contributed by atoms with Gasteiger partial charge in [0, 0.05) is 22.0 Å². The smallest absolute Gasteiger partial charge is 0.0465 e. The molecule has 2 aliphatic rings. The van der Waals surface area contributed by atoms with E-state index in [4.69, 9.17) is 0 Å². The van der Waals surface area contributed by atoms with E-state index in [0.717, 1.165) is 12.8 Å². The van der Waals surface area contributed by atoms with E-state index >= 15 is 0 Å². The molecular formula is C21H19N. The Kier molecular flexibility index (Phi) is 2.19. The molecule has 0 radical (unpaired) electrons. The van der Waals surface area contributed by atoms with Crippen molar-refractivity contribution in [2.45, 2.75) is 32.1 Å². The predicted molar refractivity (Wildman–Crippen MR) is 93.2 cm³/mol. The third kappa shape index (κ3) is 1.39. The van der Waals surface area contributed by atoms with Crippen LogP contribution in [0.15, 0.2) is 42.5 Å². The van der Waals surface area contributed by atoms with Crippen molar-refractivity contribution in [1.29, 1.82) is 0 Å². The monoisotopic (exact) mass is 285 g/mol. The Labute approximate surface area is 130 Å². The minimum absolute atomic E-state index is 0.0849. The van der Waals surface area contributed by atoms with Crippen molar-refractivity contribution < 1.29 is 0 Å². The van der Waals surface area contributed by atoms with Crippen LogP contribution in [0.5, 0.6) is 0 Å². The van der Waals surface area contributed by atoms with E-state index in [1.54, 1.807) is 0 Å². The predicted octanol–water partition coefficient (Wildman–Crippen LogP) is 5.43. The molecule has 0 bridgehead atoms. The summed E-state index contributed by atoms with van der Waals surface area (Å²) in [7, 11) is 0. The number of nitrogens with one attached hydrogen (secondary N) is 1. The van der Waals surface area contributed by atoms with Gasteiger partial charge in [0.15, 0.2) is 0 Å². The standard InChI is InChI=1S/C21H19N/c1-21(2)17-9-5-3-7-13(17)15-11-16-14-8-4-6-10-19(14)22-20(16)12-18(15)21/h3,5-7,9-12,22H,4,8H2,1-2H3. The van der Waals surface area contributed by atoms with Gasteiger partial charge in [0.2, 0.25) is 0 Å². The number of fused-ring (bicyclic) bond motifs is 6. The molecule has 1 nitrogen and oxygen atoms in total. The van der Waals surface area contributed by atoms with Gasteiger partial charge in [0.1, 0.15) is 0 Å². The molecule has 3 aromatic rings. The summed E-state index contributed by atoms with van der Waals surface area (Å²) in [5, 5.41) is 1.41. The number of hydrogen-bond acceptors (Lipinski definition) is 0. The summed E-state index contributed by atoms with van der Waals surface area (Å²) in [6.07, 6.45) is 6.81. The van der Waals surface area contributed by atoms with Crippen LogP contribution in [-0.4, -0.2) is 4.98 Å². The van der Waals surface area contributed by atoms with Crippen molar-refractivity contribution in [3.8, 4) is 11.1 Å². The lowest BCUT2D eigenvalue weighted by Gasteiger charge is -2.21. The first-order valence-electron chi connectivity index (χ1n) is 8.12. The molecule has 1 N–H and O–H groups in total. The van der Waals surface area contributed by atoms with Gasteiger partial charge in [-0.15, -0.1) is 0 Å². The van der Waals surface area contributed by atoms with Crippen molar-refractivity contribution in [2.75, 3.05) is 0 Å². The number of allylic oxidation sites excluding steroid dienone is 1. The van der Waals surface area contributed by atoms with Crippen molar-refractivity contribution in [1.82, 2.24) is 4.98 Å². The zero-order valence-corrected chi connectivity index (χ0v) is 13.0. The number of benzene rings is 2. The zero-order chi connectivity index (χ0) is 14.9. The van der Waals surface area contributed by atoms with Gasteiger partial charge >= 0.3 is 0 Å². The lowest BCUT2D eigenvalue weighted by Crippen LogP contribution is -2.14. The van der Waals surface area contributed by atoms with E-state index in [1.165, 1.54) is 44.4 Å². The Morgan fingerprint density at radius 3 is 2.77 bits per heavy atom. The fourth-order valence-corrected chi connectivity index (χ4v) is 4.31. The van der Waals surface area contributed by atoms with Crippen LogP contribution >= 0.6 is 0 Å². The van der Waals surface area contributed by atoms with Gasteiger partial charge in [-0.2, -0.15) is 0 Å². The minimum Gasteiger partial charge on any atom is -0.355 e. The first-order chi connectivity index (χ1) is 10.7. The molecule has 0 spiro atoms. The highest BCUT2D eigenvalue weighted by Gasteiger charge is 2.35. The van der Waals surface area contributed by atoms with Gasteiger partial charge in [-0.1, -0.05) is 44.2 Å². The molecule has 1 heterocycles. The SMILES string of the molecule is CC1(C)c2ccccc2-c2cc3c4c([nH]c3cc21)C=CCC4. The molecule has 1 aromatic heterocycles. The number of H-pyrrole nitrogens is 1. The van der Waals surface area contributed by atoms with E-state index in [1.807, 2.05) is 0 Å². The van der Waals surface area contributed by atoms with E-state index in [2.05, 4.69) is 67.4 Å². The van der Waals surface area contributed by atoms with Crippen LogP contribution < -0.4 is 0 Å². The molecule has 22 heavy (non-hydrogen) atoms. The molecular weight excluding hydrogens is 266 g/mol. The lowest BCUT2D eigenvalue weighted by atomic mass is 9.82. The number of hydrogen-bond donors (Lipinski definition) is 1. The summed E-state index contributed by atoms with van der Waals surface area (Å²) in [5.41, 5.74) is 9.89. The topological polar surface area (TPSA) is 15.8 Å². The van der Waals surface area contributed by atoms with E-state index in [0.29, 0.717) is 0 Å². The molecule has 0 atom stereocenters. The number of aryl methyl sites for hydroxylation is 1. The summed E-state index contributed by atoms with van der Waals surface area (Å²) in [6.45, 7) is 4.68. The van der Waals surface area contributed by atoms with Crippen molar-refractivity contribution >= 4 is 17.0 Å². The van der Waals surface area contributed by atoms with Crippen LogP contribution in [0.4, 0.5) is 0 Å². The van der Waals surface area contributed by atoms with Crippen molar-refractivity contribution in [3.63, 3.8) is 0 Å². The third-order valence-corrected chi connectivity index (χ3v) is 5.49. The Balaban J connectivity index is 1.89. The normalized spacial score (nSPS) is 17.4. The summed E-state index contributed by atoms with van der Waals surface area (Å²) in [5.74, 6) is 0. The minimum atomic E-state index is 0.0849. The lowest BCUT2D eigenvalue weighted by molar-refractivity contribution is 0.661. The largest absolute Gasteiger partial charge is 0.355 e. The van der Waals surface area contributed by atoms with Gasteiger partial charge in [-0.25, -0.2) is 0 Å². The Morgan fingerprint density at radius 1 is 1.00 bits per heavy atom. The molecule has 0 aliphatic heterocycles. The average molecular weight is 285 g/mol. The van der Waals surface area contributed by atoms with Gasteiger partial charge in [0.05, 0.1) is 0 Å². The van der Waals surface area contributed by atoms with E-state index < -0.39 is 0 Å². The molecule has 1 heteroatoms. The molecule has 5 rings (SSSR count). The second-order valence-electron chi connectivity index (χ2n) is 7.07. The molecule has 108 valence electrons. The molecule has 0 fully saturated rings. The van der Waals surface area contributed by atoms with Crippen LogP contribution in [0.2, 0.25) is 0 Å². The van der Waals surface area contributed by atoms with Gasteiger partial charge in [-0.05, 0) is 58.9 Å². The summed E-state index contributed by atoms with van der Waals surface area (Å²) >= 11 is 0. The Morgan fingerprint density at radius 2 is 1.86 bits per heavy atom. The third-order valence-electron chi connectivity index (χ3n) is 5.49. The molecule has 2 aliphatic carbocycles. The Hall–Kier alpha value is -2.28. The summed E-state index contributed by atoms with van der Waals surface area (Å²) in [4.78, 5) is 3.62. The highest BCUT2D eigenvalue weighted by molar-refractivity contribution is 5.95. The highest BCUT2D eigenvalue weighted by Crippen LogP contribution is 2.50. The van der Waals surface area contributed by atoms with Gasteiger partial charge < -0.3 is 4.98 Å². The summed E-state index contributed by atoms with van der Waals surface area (Å²) < 4.78 is 0. The van der Waals surface area contributed by atoms with Crippen LogP contribution in [0.1, 0.15) is 42.7 Å². The fraction of sp³-hybridized carbons (Fsp3) is 0.238. The Bertz CT molecular complexity index is 953. The number of rotatable bonds is 0. The molecule has 0 unspecified atom stereocenters. The second-order valence-corrected chi connectivity index (χ2v) is 7.07. The maximum Gasteiger partial charge on any atom is 0.0465 e. The molecule has 2 aromatic carbocycles. The quantitative estimate of drug-likeness (QED) is 0.566. The van der Waals surface area contributed by atoms with Crippen LogP contribution in [0.3, 0.4) is 0 Å². The maximum absolute atomic E-state index is 3.62.